The number of ether oxygens (including phenoxy) is 3. The van der Waals surface area contributed by atoms with Crippen LogP contribution in [0, 0.1) is 5.92 Å². The predicted octanol–water partition coefficient (Wildman–Crippen LogP) is 2.17. The summed E-state index contributed by atoms with van der Waals surface area (Å²) in [6.07, 6.45) is 0.973. The molecule has 3 rings (SSSR count). The zero-order chi connectivity index (χ0) is 17.5. The number of nitrogens with zero attached hydrogens (tertiary/aromatic N) is 1. The number of carbonyl (C=O) groups excluding carboxylic acids is 1. The summed E-state index contributed by atoms with van der Waals surface area (Å²) in [6, 6.07) is 9.24. The largest absolute Gasteiger partial charge is 0.496 e. The van der Waals surface area contributed by atoms with Gasteiger partial charge in [-0.1, -0.05) is 23.4 Å². The lowest BCUT2D eigenvalue weighted by Crippen LogP contribution is -2.29. The molecule has 134 valence electrons. The first-order chi connectivity index (χ1) is 12.3. The average Bonchev–Trinajstić information content (AvgIpc) is 3.32. The molecule has 2 heterocycles. The second-order valence-corrected chi connectivity index (χ2v) is 5.92. The molecule has 0 spiro atoms. The van der Waals surface area contributed by atoms with Gasteiger partial charge >= 0.3 is 0 Å². The van der Waals surface area contributed by atoms with Crippen molar-refractivity contribution in [2.75, 3.05) is 26.9 Å². The van der Waals surface area contributed by atoms with Gasteiger partial charge in [0.1, 0.15) is 12.4 Å². The smallest absolute Gasteiger partial charge is 0.273 e. The molecule has 0 saturated carbocycles. The van der Waals surface area contributed by atoms with Gasteiger partial charge in [-0.25, -0.2) is 0 Å². The fraction of sp³-hybridized carbons (Fsp3) is 0.444. The van der Waals surface area contributed by atoms with E-state index in [0.717, 1.165) is 24.3 Å². The minimum Gasteiger partial charge on any atom is -0.496 e. The molecule has 1 aromatic carbocycles. The molecule has 1 aliphatic heterocycles. The van der Waals surface area contributed by atoms with Gasteiger partial charge < -0.3 is 24.1 Å². The number of methoxy groups -OCH3 is 1. The number of hydrogen-bond donors (Lipinski definition) is 1. The molecular weight excluding hydrogens is 324 g/mol. The third-order valence-corrected chi connectivity index (χ3v) is 4.06. The van der Waals surface area contributed by atoms with E-state index < -0.39 is 0 Å². The number of para-hydroxylation sites is 1. The van der Waals surface area contributed by atoms with E-state index >= 15 is 0 Å². The Morgan fingerprint density at radius 2 is 2.24 bits per heavy atom. The Morgan fingerprint density at radius 3 is 3.04 bits per heavy atom. The Hall–Kier alpha value is -2.38. The van der Waals surface area contributed by atoms with E-state index in [4.69, 9.17) is 18.7 Å². The van der Waals surface area contributed by atoms with Crippen molar-refractivity contribution in [3.63, 3.8) is 0 Å². The summed E-state index contributed by atoms with van der Waals surface area (Å²) in [5, 5.41) is 6.65. The lowest BCUT2D eigenvalue weighted by atomic mass is 10.1. The molecule has 7 nitrogen and oxygen atoms in total. The predicted molar refractivity (Wildman–Crippen MR) is 89.2 cm³/mol. The van der Waals surface area contributed by atoms with E-state index in [-0.39, 0.29) is 18.2 Å². The molecule has 25 heavy (non-hydrogen) atoms. The maximum absolute atomic E-state index is 12.1. The number of rotatable bonds is 8. The fourth-order valence-corrected chi connectivity index (χ4v) is 2.64. The summed E-state index contributed by atoms with van der Waals surface area (Å²) < 4.78 is 21.3. The van der Waals surface area contributed by atoms with Crippen molar-refractivity contribution < 1.29 is 23.5 Å². The molecule has 1 aliphatic rings. The molecule has 1 saturated heterocycles. The number of nitrogens with one attached hydrogen (secondary N) is 1. The van der Waals surface area contributed by atoms with Crippen LogP contribution in [0.25, 0.3) is 0 Å². The van der Waals surface area contributed by atoms with Crippen molar-refractivity contribution in [1.29, 1.82) is 0 Å². The molecule has 0 radical (unpaired) electrons. The quantitative estimate of drug-likeness (QED) is 0.789. The Morgan fingerprint density at radius 1 is 1.36 bits per heavy atom. The average molecular weight is 346 g/mol. The zero-order valence-electron chi connectivity index (χ0n) is 14.2. The van der Waals surface area contributed by atoms with Crippen molar-refractivity contribution in [3.05, 3.63) is 47.3 Å². The van der Waals surface area contributed by atoms with E-state index in [9.17, 15) is 4.79 Å². The van der Waals surface area contributed by atoms with Crippen molar-refractivity contribution in [1.82, 2.24) is 10.5 Å². The van der Waals surface area contributed by atoms with Crippen LogP contribution < -0.4 is 10.1 Å². The minimum atomic E-state index is -0.244. The number of amides is 1. The first-order valence-electron chi connectivity index (χ1n) is 8.27. The van der Waals surface area contributed by atoms with E-state index in [1.807, 2.05) is 24.3 Å². The van der Waals surface area contributed by atoms with Crippen molar-refractivity contribution in [2.24, 2.45) is 5.92 Å². The Balaban J connectivity index is 1.45. The fourth-order valence-electron chi connectivity index (χ4n) is 2.64. The SMILES string of the molecule is COc1ccccc1COCc1cc(C(=O)NCC2CCOC2)no1. The monoisotopic (exact) mass is 346 g/mol. The van der Waals surface area contributed by atoms with Gasteiger partial charge in [0.15, 0.2) is 11.5 Å². The highest BCUT2D eigenvalue weighted by Crippen LogP contribution is 2.19. The van der Waals surface area contributed by atoms with Crippen LogP contribution >= 0.6 is 0 Å². The van der Waals surface area contributed by atoms with Gasteiger partial charge in [-0.3, -0.25) is 4.79 Å². The summed E-state index contributed by atoms with van der Waals surface area (Å²) in [5.41, 5.74) is 1.20. The number of benzene rings is 1. The summed E-state index contributed by atoms with van der Waals surface area (Å²) >= 11 is 0. The Bertz CT molecular complexity index is 694. The molecule has 0 bridgehead atoms. The highest BCUT2D eigenvalue weighted by molar-refractivity contribution is 5.92. The van der Waals surface area contributed by atoms with Gasteiger partial charge in [0.05, 0.1) is 20.3 Å². The lowest BCUT2D eigenvalue weighted by Gasteiger charge is -2.07. The minimum absolute atomic E-state index is 0.231. The molecule has 1 amide bonds. The van der Waals surface area contributed by atoms with E-state index in [1.165, 1.54) is 0 Å². The standard InChI is InChI=1S/C18H22N2O5/c1-22-17-5-3-2-4-14(17)11-24-12-15-8-16(20-25-15)18(21)19-9-13-6-7-23-10-13/h2-5,8,13H,6-7,9-12H2,1H3,(H,19,21). The second-order valence-electron chi connectivity index (χ2n) is 5.92. The van der Waals surface area contributed by atoms with Crippen LogP contribution in [0.3, 0.4) is 0 Å². The van der Waals surface area contributed by atoms with Gasteiger partial charge in [0.2, 0.25) is 0 Å². The van der Waals surface area contributed by atoms with Gasteiger partial charge in [-0.05, 0) is 12.5 Å². The van der Waals surface area contributed by atoms with Gasteiger partial charge in [0, 0.05) is 30.7 Å². The van der Waals surface area contributed by atoms with Gasteiger partial charge in [-0.15, -0.1) is 0 Å². The summed E-state index contributed by atoms with van der Waals surface area (Å²) in [4.78, 5) is 12.1. The van der Waals surface area contributed by atoms with Crippen LogP contribution in [0.15, 0.2) is 34.9 Å². The molecule has 1 fully saturated rings. The van der Waals surface area contributed by atoms with E-state index in [0.29, 0.717) is 31.4 Å². The number of hydrogen-bond acceptors (Lipinski definition) is 6. The highest BCUT2D eigenvalue weighted by atomic mass is 16.5. The number of carbonyl (C=O) groups is 1. The molecule has 1 N–H and O–H groups in total. The molecule has 7 heteroatoms. The van der Waals surface area contributed by atoms with Crippen LogP contribution in [-0.4, -0.2) is 37.9 Å². The maximum Gasteiger partial charge on any atom is 0.273 e. The molecular formula is C18H22N2O5. The Labute approximate surface area is 146 Å². The molecule has 1 atom stereocenters. The first-order valence-corrected chi connectivity index (χ1v) is 8.27. The van der Waals surface area contributed by atoms with Crippen molar-refractivity contribution >= 4 is 5.91 Å². The van der Waals surface area contributed by atoms with Crippen LogP contribution in [0.4, 0.5) is 0 Å². The van der Waals surface area contributed by atoms with Crippen LogP contribution in [0.2, 0.25) is 0 Å². The first kappa shape index (κ1) is 17.4. The van der Waals surface area contributed by atoms with Crippen LogP contribution in [0.5, 0.6) is 5.75 Å². The van der Waals surface area contributed by atoms with Crippen LogP contribution in [0.1, 0.15) is 28.2 Å². The lowest BCUT2D eigenvalue weighted by molar-refractivity contribution is 0.0863. The zero-order valence-corrected chi connectivity index (χ0v) is 14.2. The summed E-state index contributed by atoms with van der Waals surface area (Å²) in [6.45, 7) is 2.66. The number of aromatic nitrogens is 1. The van der Waals surface area contributed by atoms with Crippen molar-refractivity contribution in [2.45, 2.75) is 19.6 Å². The third-order valence-electron chi connectivity index (χ3n) is 4.06. The van der Waals surface area contributed by atoms with E-state index in [1.54, 1.807) is 13.2 Å². The van der Waals surface area contributed by atoms with Gasteiger partial charge in [0.25, 0.3) is 5.91 Å². The van der Waals surface area contributed by atoms with E-state index in [2.05, 4.69) is 10.5 Å². The van der Waals surface area contributed by atoms with Gasteiger partial charge in [-0.2, -0.15) is 0 Å². The highest BCUT2D eigenvalue weighted by Gasteiger charge is 2.18. The maximum atomic E-state index is 12.1. The summed E-state index contributed by atoms with van der Waals surface area (Å²) in [5.74, 6) is 1.41. The molecule has 0 aliphatic carbocycles. The normalized spacial score (nSPS) is 16.8. The van der Waals surface area contributed by atoms with Crippen LogP contribution in [-0.2, 0) is 22.7 Å². The molecule has 2 aromatic rings. The third kappa shape index (κ3) is 4.80. The molecule has 1 unspecified atom stereocenters. The molecule has 1 aromatic heterocycles. The Kier molecular flexibility index (Phi) is 6.03. The second kappa shape index (κ2) is 8.64. The van der Waals surface area contributed by atoms with Crippen molar-refractivity contribution in [3.8, 4) is 5.75 Å². The topological polar surface area (TPSA) is 82.8 Å². The summed E-state index contributed by atoms with van der Waals surface area (Å²) in [7, 11) is 1.62.